The first kappa shape index (κ1) is 27.8. The lowest BCUT2D eigenvalue weighted by Crippen LogP contribution is -2.39. The second-order valence-electron chi connectivity index (χ2n) is 9.32. The van der Waals surface area contributed by atoms with Gasteiger partial charge in [-0.05, 0) is 43.0 Å². The van der Waals surface area contributed by atoms with E-state index < -0.39 is 37.3 Å². The predicted octanol–water partition coefficient (Wildman–Crippen LogP) is 4.03. The van der Waals surface area contributed by atoms with E-state index in [2.05, 4.69) is 4.72 Å². The van der Waals surface area contributed by atoms with Crippen molar-refractivity contribution in [2.45, 2.75) is 36.1 Å². The maximum atomic E-state index is 12.9. The molecule has 2 aliphatic heterocycles. The summed E-state index contributed by atoms with van der Waals surface area (Å²) in [5.41, 5.74) is 1.63. The summed E-state index contributed by atoms with van der Waals surface area (Å²) in [5, 5.41) is 1.66. The number of thioether (sulfide) groups is 1. The fourth-order valence-electron chi connectivity index (χ4n) is 4.59. The third-order valence-electron chi connectivity index (χ3n) is 6.61. The maximum Gasteiger partial charge on any atom is 0.298 e. The van der Waals surface area contributed by atoms with Gasteiger partial charge < -0.3 is 0 Å². The van der Waals surface area contributed by atoms with Crippen LogP contribution in [0.4, 0.5) is 5.69 Å². The number of aromatic nitrogens is 1. The number of hydrogen-bond donors (Lipinski definition) is 2. The smallest absolute Gasteiger partial charge is 0.285 e. The standard InChI is InChI=1S/C23H21Cl2N3O6S4/c1-13(38(32,33)34)7-8-27-16-9-14(24)3-5-19(16)35-21(27)11-22-28(12-18(28)23(29)26-37(2,30)31)17-10-15(25)4-6-20(17)36-22/h3-6,9-11,13,18H,7-8,12H2,1-2H3/p+2. The van der Waals surface area contributed by atoms with Crippen LogP contribution in [0.3, 0.4) is 0 Å². The number of rotatable bonds is 7. The van der Waals surface area contributed by atoms with E-state index in [1.165, 1.54) is 30.0 Å². The molecule has 2 aliphatic rings. The van der Waals surface area contributed by atoms with Gasteiger partial charge in [0.2, 0.25) is 21.6 Å². The SMILES string of the molecule is CC(CC[n+]1c(C=C2Sc3ccc(Cl)cc3[N+]23CC3C(=O)NS(C)(=O)=O)sc2ccc(Cl)cc21)S(=O)(=O)O. The number of hydrogen-bond acceptors (Lipinski definition) is 7. The van der Waals surface area contributed by atoms with Gasteiger partial charge in [-0.25, -0.2) is 17.6 Å². The summed E-state index contributed by atoms with van der Waals surface area (Å²) in [4.78, 5) is 13.8. The molecule has 1 saturated heterocycles. The van der Waals surface area contributed by atoms with Crippen molar-refractivity contribution in [1.29, 1.82) is 0 Å². The molecule has 1 amide bonds. The Hall–Kier alpha value is -1.71. The van der Waals surface area contributed by atoms with Crippen LogP contribution >= 0.6 is 46.3 Å². The zero-order valence-electron chi connectivity index (χ0n) is 20.1. The second kappa shape index (κ2) is 9.73. The van der Waals surface area contributed by atoms with Crippen LogP contribution in [0.25, 0.3) is 16.3 Å². The number of thiazole rings is 1. The summed E-state index contributed by atoms with van der Waals surface area (Å²) in [5.74, 6) is -0.593. The van der Waals surface area contributed by atoms with E-state index in [9.17, 15) is 26.2 Å². The highest BCUT2D eigenvalue weighted by atomic mass is 35.5. The molecular formula is C23H23Cl2N3O6S4+2. The molecule has 2 aromatic carbocycles. The van der Waals surface area contributed by atoms with Gasteiger partial charge in [0.25, 0.3) is 21.0 Å². The Morgan fingerprint density at radius 1 is 1.21 bits per heavy atom. The Morgan fingerprint density at radius 2 is 1.89 bits per heavy atom. The van der Waals surface area contributed by atoms with Gasteiger partial charge in [0.1, 0.15) is 4.70 Å². The number of halogens is 2. The quantitative estimate of drug-likeness (QED) is 0.174. The van der Waals surface area contributed by atoms with Crippen molar-refractivity contribution in [3.05, 3.63) is 56.5 Å². The van der Waals surface area contributed by atoms with Crippen LogP contribution in [-0.2, 0) is 31.5 Å². The van der Waals surface area contributed by atoms with Gasteiger partial charge in [0.15, 0.2) is 23.8 Å². The molecular weight excluding hydrogens is 613 g/mol. The van der Waals surface area contributed by atoms with Gasteiger partial charge in [-0.2, -0.15) is 13.0 Å². The summed E-state index contributed by atoms with van der Waals surface area (Å²) in [7, 11) is -7.94. The highest BCUT2D eigenvalue weighted by molar-refractivity contribution is 8.03. The van der Waals surface area contributed by atoms with E-state index in [-0.39, 0.29) is 10.9 Å². The topological polar surface area (TPSA) is 121 Å². The molecule has 0 bridgehead atoms. The van der Waals surface area contributed by atoms with E-state index in [0.29, 0.717) is 23.1 Å². The van der Waals surface area contributed by atoms with E-state index in [4.69, 9.17) is 23.2 Å². The molecule has 0 aliphatic carbocycles. The molecule has 38 heavy (non-hydrogen) atoms. The van der Waals surface area contributed by atoms with Crippen LogP contribution in [0.5, 0.6) is 0 Å². The van der Waals surface area contributed by atoms with Crippen LogP contribution in [-0.4, -0.2) is 51.4 Å². The number of quaternary nitrogens is 1. The lowest BCUT2D eigenvalue weighted by molar-refractivity contribution is -0.669. The summed E-state index contributed by atoms with van der Waals surface area (Å²) in [6, 6.07) is 10.2. The van der Waals surface area contributed by atoms with Crippen LogP contribution in [0.2, 0.25) is 10.0 Å². The number of benzene rings is 2. The third-order valence-corrected chi connectivity index (χ3v) is 11.2. The normalized spacial score (nSPS) is 22.7. The maximum absolute atomic E-state index is 12.9. The lowest BCUT2D eigenvalue weighted by atomic mass is 10.3. The lowest BCUT2D eigenvalue weighted by Gasteiger charge is -2.14. The molecule has 5 rings (SSSR count). The number of carbonyl (C=O) groups excluding carboxylic acids is 1. The number of sulfonamides is 1. The fraction of sp³-hybridized carbons (Fsp3) is 0.304. The van der Waals surface area contributed by atoms with Crippen molar-refractivity contribution >= 4 is 94.3 Å². The predicted molar refractivity (Wildman–Crippen MR) is 151 cm³/mol. The van der Waals surface area contributed by atoms with Crippen LogP contribution in [0, 0.1) is 0 Å². The van der Waals surface area contributed by atoms with Crippen LogP contribution < -0.4 is 13.8 Å². The Balaban J connectivity index is 1.61. The summed E-state index contributed by atoms with van der Waals surface area (Å²) >= 11 is 15.5. The molecule has 3 unspecified atom stereocenters. The van der Waals surface area contributed by atoms with Crippen molar-refractivity contribution in [1.82, 2.24) is 9.21 Å². The minimum Gasteiger partial charge on any atom is -0.285 e. The molecule has 1 fully saturated rings. The van der Waals surface area contributed by atoms with Crippen LogP contribution in [0.15, 0.2) is 46.3 Å². The average Bonchev–Trinajstić information content (AvgIpc) is 3.38. The molecule has 1 aromatic heterocycles. The number of carbonyl (C=O) groups is 1. The highest BCUT2D eigenvalue weighted by Gasteiger charge is 2.68. The molecule has 1 spiro atoms. The molecule has 3 atom stereocenters. The molecule has 3 aromatic rings. The zero-order chi connectivity index (χ0) is 27.6. The molecule has 0 radical (unpaired) electrons. The van der Waals surface area contributed by atoms with Gasteiger partial charge in [0, 0.05) is 28.6 Å². The largest absolute Gasteiger partial charge is 0.298 e. The van der Waals surface area contributed by atoms with E-state index >= 15 is 0 Å². The van der Waals surface area contributed by atoms with Crippen molar-refractivity contribution in [3.63, 3.8) is 0 Å². The van der Waals surface area contributed by atoms with Crippen molar-refractivity contribution in [3.8, 4) is 0 Å². The van der Waals surface area contributed by atoms with Gasteiger partial charge >= 0.3 is 0 Å². The molecule has 0 saturated carbocycles. The first-order chi connectivity index (χ1) is 17.7. The molecule has 3 heterocycles. The summed E-state index contributed by atoms with van der Waals surface area (Å²) in [6.07, 6.45) is 3.06. The van der Waals surface area contributed by atoms with Crippen molar-refractivity contribution < 1.29 is 30.7 Å². The first-order valence-corrected chi connectivity index (χ1v) is 17.2. The molecule has 202 valence electrons. The van der Waals surface area contributed by atoms with Crippen LogP contribution in [0.1, 0.15) is 18.4 Å². The van der Waals surface area contributed by atoms with Gasteiger partial charge in [0.05, 0.1) is 22.5 Å². The Kier molecular flexibility index (Phi) is 7.13. The fourth-order valence-corrected chi connectivity index (χ4v) is 8.33. The monoisotopic (exact) mass is 635 g/mol. The minimum absolute atomic E-state index is 0.137. The molecule has 9 nitrogen and oxygen atoms in total. The van der Waals surface area contributed by atoms with Gasteiger partial charge in [-0.3, -0.25) is 9.35 Å². The number of fused-ring (bicyclic) bond motifs is 3. The first-order valence-electron chi connectivity index (χ1n) is 11.4. The molecule has 15 heteroatoms. The molecule has 2 N–H and O–H groups in total. The third kappa shape index (κ3) is 5.22. The van der Waals surface area contributed by atoms with E-state index in [0.717, 1.165) is 37.1 Å². The van der Waals surface area contributed by atoms with Gasteiger partial charge in [-0.1, -0.05) is 34.5 Å². The minimum atomic E-state index is -4.20. The average molecular weight is 637 g/mol. The highest BCUT2D eigenvalue weighted by Crippen LogP contribution is 2.60. The Bertz CT molecular complexity index is 1740. The van der Waals surface area contributed by atoms with Gasteiger partial charge in [-0.15, -0.1) is 0 Å². The van der Waals surface area contributed by atoms with E-state index in [1.807, 2.05) is 22.8 Å². The van der Waals surface area contributed by atoms with Crippen molar-refractivity contribution in [2.75, 3.05) is 12.8 Å². The summed E-state index contributed by atoms with van der Waals surface area (Å²) in [6.45, 7) is 2.11. The van der Waals surface area contributed by atoms with Crippen molar-refractivity contribution in [2.24, 2.45) is 0 Å². The van der Waals surface area contributed by atoms with E-state index in [1.54, 1.807) is 24.3 Å². The second-order valence-corrected chi connectivity index (χ2v) is 15.9. The zero-order valence-corrected chi connectivity index (χ0v) is 24.9. The Morgan fingerprint density at radius 3 is 2.58 bits per heavy atom. The summed E-state index contributed by atoms with van der Waals surface area (Å²) < 4.78 is 61.4. The number of nitrogens with one attached hydrogen (secondary N) is 1. The Labute approximate surface area is 238 Å². The number of amides is 1. The number of aryl methyl sites for hydroxylation is 1. The number of nitrogens with zero attached hydrogens (tertiary/aromatic N) is 2.